The van der Waals surface area contributed by atoms with E-state index in [0.717, 1.165) is 27.2 Å². The van der Waals surface area contributed by atoms with E-state index in [1.54, 1.807) is 0 Å². The molecule has 2 aromatic carbocycles. The van der Waals surface area contributed by atoms with Crippen molar-refractivity contribution >= 4 is 44.1 Å². The number of hydrogen-bond donors (Lipinski definition) is 1. The number of hydrogen-bond acceptors (Lipinski definition) is 2. The van der Waals surface area contributed by atoms with Crippen LogP contribution in [-0.2, 0) is 6.54 Å². The van der Waals surface area contributed by atoms with E-state index < -0.39 is 0 Å². The molecule has 0 amide bonds. The number of halogens is 2. The predicted octanol–water partition coefficient (Wildman–Crippen LogP) is 5.26. The number of fused-ring (bicyclic) bond motifs is 1. The molecule has 0 fully saturated rings. The molecular weight excluding hydrogens is 336 g/mol. The Bertz CT molecular complexity index is 753. The van der Waals surface area contributed by atoms with Crippen molar-refractivity contribution < 1.29 is 0 Å². The van der Waals surface area contributed by atoms with E-state index in [2.05, 4.69) is 32.3 Å². The van der Waals surface area contributed by atoms with Gasteiger partial charge < -0.3 is 5.32 Å². The first kappa shape index (κ1) is 13.4. The molecule has 0 spiro atoms. The van der Waals surface area contributed by atoms with Gasteiger partial charge in [-0.3, -0.25) is 4.98 Å². The zero-order valence-corrected chi connectivity index (χ0v) is 12.9. The van der Waals surface area contributed by atoms with E-state index >= 15 is 0 Å². The molecule has 4 heteroatoms. The highest BCUT2D eigenvalue weighted by molar-refractivity contribution is 9.10. The third-order valence-electron chi connectivity index (χ3n) is 3.14. The number of anilines is 1. The Kier molecular flexibility index (Phi) is 3.90. The predicted molar refractivity (Wildman–Crippen MR) is 88.2 cm³/mol. The topological polar surface area (TPSA) is 24.9 Å². The summed E-state index contributed by atoms with van der Waals surface area (Å²) in [7, 11) is 0. The first-order chi connectivity index (χ1) is 9.74. The molecule has 3 rings (SSSR count). The minimum atomic E-state index is 0.719. The van der Waals surface area contributed by atoms with Crippen LogP contribution >= 0.6 is 27.5 Å². The van der Waals surface area contributed by atoms with Crippen LogP contribution in [-0.4, -0.2) is 4.98 Å². The summed E-state index contributed by atoms with van der Waals surface area (Å²) in [5.74, 6) is 0. The molecule has 1 N–H and O–H groups in total. The Morgan fingerprint density at radius 2 is 1.95 bits per heavy atom. The average Bonchev–Trinajstić information content (AvgIpc) is 2.46. The first-order valence-corrected chi connectivity index (χ1v) is 7.43. The monoisotopic (exact) mass is 346 g/mol. The van der Waals surface area contributed by atoms with Crippen LogP contribution in [0.15, 0.2) is 59.2 Å². The summed E-state index contributed by atoms with van der Waals surface area (Å²) in [6.07, 6.45) is 1.84. The lowest BCUT2D eigenvalue weighted by Gasteiger charge is -2.10. The Morgan fingerprint density at radius 1 is 1.10 bits per heavy atom. The van der Waals surface area contributed by atoms with Crippen LogP contribution in [0, 0.1) is 0 Å². The minimum absolute atomic E-state index is 0.719. The van der Waals surface area contributed by atoms with Crippen molar-refractivity contribution in [3.8, 4) is 0 Å². The van der Waals surface area contributed by atoms with Crippen LogP contribution < -0.4 is 5.32 Å². The number of rotatable bonds is 3. The smallest absolute Gasteiger partial charge is 0.0705 e. The molecule has 0 bridgehead atoms. The summed E-state index contributed by atoms with van der Waals surface area (Å²) in [6.45, 7) is 0.739. The average molecular weight is 348 g/mol. The highest BCUT2D eigenvalue weighted by atomic mass is 79.9. The van der Waals surface area contributed by atoms with Gasteiger partial charge in [-0.2, -0.15) is 0 Å². The Morgan fingerprint density at radius 3 is 2.80 bits per heavy atom. The molecular formula is C16H12BrClN2. The lowest BCUT2D eigenvalue weighted by Crippen LogP contribution is -2.01. The molecule has 0 aliphatic heterocycles. The molecule has 3 aromatic rings. The van der Waals surface area contributed by atoms with Gasteiger partial charge in [0.1, 0.15) is 0 Å². The first-order valence-electron chi connectivity index (χ1n) is 6.25. The molecule has 2 nitrogen and oxygen atoms in total. The van der Waals surface area contributed by atoms with E-state index in [0.29, 0.717) is 0 Å². The van der Waals surface area contributed by atoms with Gasteiger partial charge in [0, 0.05) is 33.3 Å². The third-order valence-corrected chi connectivity index (χ3v) is 4.03. The SMILES string of the molecule is Clc1ccc(NCc2ccnc3ccccc23)c(Br)c1. The second-order valence-corrected chi connectivity index (χ2v) is 5.76. The van der Waals surface area contributed by atoms with Gasteiger partial charge in [0.05, 0.1) is 5.52 Å². The van der Waals surface area contributed by atoms with E-state index in [-0.39, 0.29) is 0 Å². The summed E-state index contributed by atoms with van der Waals surface area (Å²) in [5, 5.41) is 5.31. The lowest BCUT2D eigenvalue weighted by molar-refractivity contribution is 1.15. The second kappa shape index (κ2) is 5.81. The summed E-state index contributed by atoms with van der Waals surface area (Å²) in [6, 6.07) is 15.9. The van der Waals surface area contributed by atoms with E-state index in [4.69, 9.17) is 11.6 Å². The molecule has 100 valence electrons. The van der Waals surface area contributed by atoms with Crippen molar-refractivity contribution in [2.75, 3.05) is 5.32 Å². The molecule has 0 aliphatic rings. The summed E-state index contributed by atoms with van der Waals surface area (Å²) < 4.78 is 0.961. The van der Waals surface area contributed by atoms with Crippen LogP contribution in [0.2, 0.25) is 5.02 Å². The molecule has 1 aromatic heterocycles. The Labute approximate surface area is 130 Å². The van der Waals surface area contributed by atoms with Crippen LogP contribution in [0.25, 0.3) is 10.9 Å². The number of nitrogens with one attached hydrogen (secondary N) is 1. The molecule has 0 aliphatic carbocycles. The summed E-state index contributed by atoms with van der Waals surface area (Å²) in [4.78, 5) is 4.37. The van der Waals surface area contributed by atoms with Crippen molar-refractivity contribution in [2.24, 2.45) is 0 Å². The number of nitrogens with zero attached hydrogens (tertiary/aromatic N) is 1. The minimum Gasteiger partial charge on any atom is -0.380 e. The van der Waals surface area contributed by atoms with Gasteiger partial charge in [-0.05, 0) is 51.8 Å². The Balaban J connectivity index is 1.87. The zero-order chi connectivity index (χ0) is 13.9. The fraction of sp³-hybridized carbons (Fsp3) is 0.0625. The van der Waals surface area contributed by atoms with Crippen LogP contribution in [0.5, 0.6) is 0 Å². The normalized spacial score (nSPS) is 10.7. The fourth-order valence-electron chi connectivity index (χ4n) is 2.13. The number of benzene rings is 2. The molecule has 0 atom stereocenters. The molecule has 20 heavy (non-hydrogen) atoms. The largest absolute Gasteiger partial charge is 0.380 e. The second-order valence-electron chi connectivity index (χ2n) is 4.46. The maximum Gasteiger partial charge on any atom is 0.0705 e. The number of para-hydroxylation sites is 1. The van der Waals surface area contributed by atoms with Gasteiger partial charge in [0.2, 0.25) is 0 Å². The molecule has 0 unspecified atom stereocenters. The summed E-state index contributed by atoms with van der Waals surface area (Å²) in [5.41, 5.74) is 3.26. The number of aromatic nitrogens is 1. The molecule has 0 saturated heterocycles. The van der Waals surface area contributed by atoms with Gasteiger partial charge >= 0.3 is 0 Å². The van der Waals surface area contributed by atoms with Crippen molar-refractivity contribution in [3.63, 3.8) is 0 Å². The third kappa shape index (κ3) is 2.79. The van der Waals surface area contributed by atoms with Crippen LogP contribution in [0.3, 0.4) is 0 Å². The number of pyridine rings is 1. The van der Waals surface area contributed by atoms with Crippen LogP contribution in [0.4, 0.5) is 5.69 Å². The van der Waals surface area contributed by atoms with Gasteiger partial charge in [0.15, 0.2) is 0 Å². The lowest BCUT2D eigenvalue weighted by atomic mass is 10.1. The molecule has 0 saturated carbocycles. The highest BCUT2D eigenvalue weighted by Crippen LogP contribution is 2.27. The maximum atomic E-state index is 5.95. The van der Waals surface area contributed by atoms with Crippen LogP contribution in [0.1, 0.15) is 5.56 Å². The molecule has 0 radical (unpaired) electrons. The van der Waals surface area contributed by atoms with E-state index in [1.807, 2.05) is 48.7 Å². The van der Waals surface area contributed by atoms with E-state index in [9.17, 15) is 0 Å². The quantitative estimate of drug-likeness (QED) is 0.699. The summed E-state index contributed by atoms with van der Waals surface area (Å²) >= 11 is 9.46. The van der Waals surface area contributed by atoms with E-state index in [1.165, 1.54) is 10.9 Å². The van der Waals surface area contributed by atoms with Crippen molar-refractivity contribution in [1.82, 2.24) is 4.98 Å². The Hall–Kier alpha value is -1.58. The van der Waals surface area contributed by atoms with Crippen molar-refractivity contribution in [2.45, 2.75) is 6.54 Å². The molecule has 1 heterocycles. The maximum absolute atomic E-state index is 5.95. The van der Waals surface area contributed by atoms with Gasteiger partial charge in [-0.1, -0.05) is 29.8 Å². The fourth-order valence-corrected chi connectivity index (χ4v) is 2.96. The zero-order valence-electron chi connectivity index (χ0n) is 10.6. The standard InChI is InChI=1S/C16H12BrClN2/c17-14-9-12(18)5-6-16(14)20-10-11-7-8-19-15-4-2-1-3-13(11)15/h1-9,20H,10H2. The van der Waals surface area contributed by atoms with Gasteiger partial charge in [-0.25, -0.2) is 0 Å². The van der Waals surface area contributed by atoms with Crippen molar-refractivity contribution in [1.29, 1.82) is 0 Å². The van der Waals surface area contributed by atoms with Gasteiger partial charge in [0.25, 0.3) is 0 Å². The highest BCUT2D eigenvalue weighted by Gasteiger charge is 2.03. The van der Waals surface area contributed by atoms with Crippen molar-refractivity contribution in [3.05, 3.63) is 69.8 Å². The van der Waals surface area contributed by atoms with Gasteiger partial charge in [-0.15, -0.1) is 0 Å².